The number of aromatic nitrogens is 2. The molecule has 0 amide bonds. The van der Waals surface area contributed by atoms with Crippen molar-refractivity contribution >= 4 is 0 Å². The number of aryl methyl sites for hydroxylation is 1. The van der Waals surface area contributed by atoms with Crippen LogP contribution >= 0.6 is 0 Å². The number of rotatable bonds is 6. The zero-order valence-corrected chi connectivity index (χ0v) is 11.0. The molecule has 6 nitrogen and oxygen atoms in total. The monoisotopic (exact) mass is 254 g/mol. The van der Waals surface area contributed by atoms with E-state index in [1.54, 1.807) is 6.20 Å². The zero-order valence-electron chi connectivity index (χ0n) is 11.0. The Bertz CT molecular complexity index is 361. The van der Waals surface area contributed by atoms with Gasteiger partial charge in [0.1, 0.15) is 0 Å². The van der Waals surface area contributed by atoms with Crippen molar-refractivity contribution in [2.75, 3.05) is 39.5 Å². The second-order valence-electron chi connectivity index (χ2n) is 4.45. The van der Waals surface area contributed by atoms with E-state index in [0.717, 1.165) is 50.7 Å². The largest absolute Gasteiger partial charge is 0.379 e. The van der Waals surface area contributed by atoms with Crippen molar-refractivity contribution < 1.29 is 9.47 Å². The van der Waals surface area contributed by atoms with E-state index in [1.807, 2.05) is 11.7 Å². The van der Waals surface area contributed by atoms with E-state index in [2.05, 4.69) is 10.00 Å². The molecule has 1 saturated heterocycles. The smallest absolute Gasteiger partial charge is 0.0888 e. The summed E-state index contributed by atoms with van der Waals surface area (Å²) < 4.78 is 12.8. The highest BCUT2D eigenvalue weighted by Gasteiger charge is 2.10. The molecule has 0 radical (unpaired) electrons. The molecular formula is C12H22N4O2. The standard InChI is InChI=1S/C12H22N4O2/c1-15-12(11(8-13)9-14-15)10-18-7-4-16-2-5-17-6-3-16/h9H,2-8,10,13H2,1H3. The van der Waals surface area contributed by atoms with Gasteiger partial charge in [-0.2, -0.15) is 5.10 Å². The lowest BCUT2D eigenvalue weighted by molar-refractivity contribution is 0.0173. The van der Waals surface area contributed by atoms with Crippen LogP contribution in [0.25, 0.3) is 0 Å². The molecule has 1 aliphatic rings. The Morgan fingerprint density at radius 3 is 2.94 bits per heavy atom. The molecule has 18 heavy (non-hydrogen) atoms. The van der Waals surface area contributed by atoms with E-state index in [1.165, 1.54) is 0 Å². The molecule has 0 unspecified atom stereocenters. The fourth-order valence-electron chi connectivity index (χ4n) is 2.05. The SMILES string of the molecule is Cn1ncc(CN)c1COCCN1CCOCC1. The van der Waals surface area contributed by atoms with Crippen molar-refractivity contribution in [2.24, 2.45) is 12.8 Å². The predicted molar refractivity (Wildman–Crippen MR) is 68.0 cm³/mol. The number of nitrogens with two attached hydrogens (primary N) is 1. The van der Waals surface area contributed by atoms with Crippen LogP contribution in [-0.2, 0) is 29.7 Å². The molecular weight excluding hydrogens is 232 g/mol. The van der Waals surface area contributed by atoms with Gasteiger partial charge in [-0.05, 0) is 0 Å². The maximum atomic E-state index is 5.71. The van der Waals surface area contributed by atoms with Crippen molar-refractivity contribution in [3.8, 4) is 0 Å². The Morgan fingerprint density at radius 2 is 2.22 bits per heavy atom. The van der Waals surface area contributed by atoms with E-state index in [4.69, 9.17) is 15.2 Å². The fourth-order valence-corrected chi connectivity index (χ4v) is 2.05. The van der Waals surface area contributed by atoms with E-state index in [-0.39, 0.29) is 0 Å². The van der Waals surface area contributed by atoms with Gasteiger partial charge in [-0.3, -0.25) is 9.58 Å². The minimum absolute atomic E-state index is 0.510. The second-order valence-corrected chi connectivity index (χ2v) is 4.45. The van der Waals surface area contributed by atoms with Gasteiger partial charge in [0, 0.05) is 38.8 Å². The molecule has 1 fully saturated rings. The third-order valence-corrected chi connectivity index (χ3v) is 3.26. The van der Waals surface area contributed by atoms with Crippen molar-refractivity contribution in [1.29, 1.82) is 0 Å². The molecule has 2 N–H and O–H groups in total. The number of hydrogen-bond acceptors (Lipinski definition) is 5. The van der Waals surface area contributed by atoms with E-state index in [9.17, 15) is 0 Å². The average Bonchev–Trinajstić information content (AvgIpc) is 2.77. The Labute approximate surface area is 108 Å². The zero-order chi connectivity index (χ0) is 12.8. The van der Waals surface area contributed by atoms with Crippen LogP contribution in [0.3, 0.4) is 0 Å². The molecule has 0 saturated carbocycles. The summed E-state index contributed by atoms with van der Waals surface area (Å²) in [5.74, 6) is 0. The van der Waals surface area contributed by atoms with E-state index < -0.39 is 0 Å². The summed E-state index contributed by atoms with van der Waals surface area (Å²) in [6.45, 7) is 6.45. The molecule has 1 aromatic heterocycles. The number of hydrogen-bond donors (Lipinski definition) is 1. The average molecular weight is 254 g/mol. The van der Waals surface area contributed by atoms with Crippen LogP contribution in [-0.4, -0.2) is 54.1 Å². The summed E-state index contributed by atoms with van der Waals surface area (Å²) in [4.78, 5) is 2.36. The minimum Gasteiger partial charge on any atom is -0.379 e. The lowest BCUT2D eigenvalue weighted by Crippen LogP contribution is -2.38. The molecule has 1 aliphatic heterocycles. The van der Waals surface area contributed by atoms with Gasteiger partial charge < -0.3 is 15.2 Å². The van der Waals surface area contributed by atoms with Crippen molar-refractivity contribution in [1.82, 2.24) is 14.7 Å². The summed E-state index contributed by atoms with van der Waals surface area (Å²) in [7, 11) is 1.92. The first-order valence-electron chi connectivity index (χ1n) is 6.39. The predicted octanol–water partition coefficient (Wildman–Crippen LogP) is -0.272. The lowest BCUT2D eigenvalue weighted by Gasteiger charge is -2.26. The van der Waals surface area contributed by atoms with Crippen molar-refractivity contribution in [3.05, 3.63) is 17.5 Å². The normalized spacial score (nSPS) is 17.2. The van der Waals surface area contributed by atoms with Gasteiger partial charge in [0.25, 0.3) is 0 Å². The third kappa shape index (κ3) is 3.52. The van der Waals surface area contributed by atoms with Gasteiger partial charge in [0.15, 0.2) is 0 Å². The summed E-state index contributed by atoms with van der Waals surface area (Å²) >= 11 is 0. The van der Waals surface area contributed by atoms with Crippen molar-refractivity contribution in [3.63, 3.8) is 0 Å². The molecule has 1 aromatic rings. The Kier molecular flexibility index (Phi) is 5.12. The maximum absolute atomic E-state index is 5.71. The summed E-state index contributed by atoms with van der Waals surface area (Å²) in [6.07, 6.45) is 1.81. The number of nitrogens with zero attached hydrogens (tertiary/aromatic N) is 3. The highest BCUT2D eigenvalue weighted by molar-refractivity contribution is 5.16. The van der Waals surface area contributed by atoms with Gasteiger partial charge >= 0.3 is 0 Å². The Hall–Kier alpha value is -0.950. The van der Waals surface area contributed by atoms with Gasteiger partial charge in [-0.15, -0.1) is 0 Å². The summed E-state index contributed by atoms with van der Waals surface area (Å²) in [5, 5.41) is 4.19. The van der Waals surface area contributed by atoms with Gasteiger partial charge in [0.2, 0.25) is 0 Å². The van der Waals surface area contributed by atoms with Crippen LogP contribution in [0.4, 0.5) is 0 Å². The topological polar surface area (TPSA) is 65.5 Å². The third-order valence-electron chi connectivity index (χ3n) is 3.26. The van der Waals surface area contributed by atoms with Crippen LogP contribution in [0.1, 0.15) is 11.3 Å². The van der Waals surface area contributed by atoms with E-state index in [0.29, 0.717) is 13.2 Å². The maximum Gasteiger partial charge on any atom is 0.0888 e. The molecule has 2 rings (SSSR count). The van der Waals surface area contributed by atoms with Gasteiger partial charge in [-0.1, -0.05) is 0 Å². The van der Waals surface area contributed by atoms with Gasteiger partial charge in [0.05, 0.1) is 38.3 Å². The first-order chi connectivity index (χ1) is 8.81. The van der Waals surface area contributed by atoms with Crippen LogP contribution in [0.15, 0.2) is 6.20 Å². The van der Waals surface area contributed by atoms with Crippen LogP contribution in [0.2, 0.25) is 0 Å². The molecule has 102 valence electrons. The van der Waals surface area contributed by atoms with Gasteiger partial charge in [-0.25, -0.2) is 0 Å². The fraction of sp³-hybridized carbons (Fsp3) is 0.750. The lowest BCUT2D eigenvalue weighted by atomic mass is 10.2. The highest BCUT2D eigenvalue weighted by Crippen LogP contribution is 2.08. The van der Waals surface area contributed by atoms with Crippen LogP contribution in [0, 0.1) is 0 Å². The first-order valence-corrected chi connectivity index (χ1v) is 6.39. The second kappa shape index (κ2) is 6.84. The summed E-state index contributed by atoms with van der Waals surface area (Å²) in [6, 6.07) is 0. The summed E-state index contributed by atoms with van der Waals surface area (Å²) in [5.41, 5.74) is 7.78. The molecule has 0 atom stereocenters. The van der Waals surface area contributed by atoms with Crippen molar-refractivity contribution in [2.45, 2.75) is 13.2 Å². The quantitative estimate of drug-likeness (QED) is 0.708. The Balaban J connectivity index is 1.69. The number of ether oxygens (including phenoxy) is 2. The molecule has 6 heteroatoms. The molecule has 0 bridgehead atoms. The minimum atomic E-state index is 0.510. The molecule has 0 aliphatic carbocycles. The Morgan fingerprint density at radius 1 is 1.44 bits per heavy atom. The molecule has 2 heterocycles. The first kappa shape index (κ1) is 13.5. The van der Waals surface area contributed by atoms with Crippen LogP contribution < -0.4 is 5.73 Å². The highest BCUT2D eigenvalue weighted by atomic mass is 16.5. The van der Waals surface area contributed by atoms with Crippen LogP contribution in [0.5, 0.6) is 0 Å². The molecule has 0 spiro atoms. The molecule has 0 aromatic carbocycles. The van der Waals surface area contributed by atoms with E-state index >= 15 is 0 Å². The number of morpholine rings is 1.